The Labute approximate surface area is 123 Å². The van der Waals surface area contributed by atoms with Crippen molar-refractivity contribution in [3.05, 3.63) is 0 Å². The molecule has 2 atom stereocenters. The number of piperidine rings is 1. The number of β-amino-alcohol motifs (C(OH)–C–C–N with tert-alkyl or cyclic N) is 1. The zero-order chi connectivity index (χ0) is 14.6. The first kappa shape index (κ1) is 16.2. The third-order valence-corrected chi connectivity index (χ3v) is 4.60. The molecular formula is C16H32N2O2. The van der Waals surface area contributed by atoms with Gasteiger partial charge in [0.15, 0.2) is 0 Å². The number of hydrogen-bond donors (Lipinski definition) is 2. The predicted molar refractivity (Wildman–Crippen MR) is 81.9 cm³/mol. The quantitative estimate of drug-likeness (QED) is 0.805. The van der Waals surface area contributed by atoms with Gasteiger partial charge in [0.25, 0.3) is 0 Å². The third-order valence-electron chi connectivity index (χ3n) is 4.60. The van der Waals surface area contributed by atoms with Gasteiger partial charge in [-0.2, -0.15) is 0 Å². The molecule has 2 N–H and O–H groups in total. The van der Waals surface area contributed by atoms with E-state index in [4.69, 9.17) is 4.74 Å². The minimum atomic E-state index is -0.513. The lowest BCUT2D eigenvalue weighted by molar-refractivity contribution is -0.0612. The van der Waals surface area contributed by atoms with E-state index in [1.807, 2.05) is 6.92 Å². The summed E-state index contributed by atoms with van der Waals surface area (Å²) in [6.07, 6.45) is 4.41. The Balaban J connectivity index is 1.96. The smallest absolute Gasteiger partial charge is 0.0746 e. The van der Waals surface area contributed by atoms with E-state index in [-0.39, 0.29) is 5.41 Å². The normalized spacial score (nSPS) is 36.5. The first-order valence-corrected chi connectivity index (χ1v) is 8.17. The largest absolute Gasteiger partial charge is 0.389 e. The lowest BCUT2D eigenvalue weighted by Gasteiger charge is -2.45. The molecule has 2 aliphatic rings. The Kier molecular flexibility index (Phi) is 5.46. The van der Waals surface area contributed by atoms with Crippen LogP contribution >= 0.6 is 0 Å². The molecule has 0 aromatic rings. The van der Waals surface area contributed by atoms with E-state index in [1.165, 1.54) is 6.42 Å². The summed E-state index contributed by atoms with van der Waals surface area (Å²) in [5.41, 5.74) is -0.295. The van der Waals surface area contributed by atoms with Gasteiger partial charge in [0, 0.05) is 37.7 Å². The average Bonchev–Trinajstić information content (AvgIpc) is 2.36. The predicted octanol–water partition coefficient (Wildman–Crippen LogP) is 1.63. The van der Waals surface area contributed by atoms with Gasteiger partial charge in [-0.3, -0.25) is 4.90 Å². The first-order valence-electron chi connectivity index (χ1n) is 8.17. The van der Waals surface area contributed by atoms with E-state index in [1.54, 1.807) is 0 Å². The maximum Gasteiger partial charge on any atom is 0.0746 e. The maximum atomic E-state index is 10.3. The molecular weight excluding hydrogens is 252 g/mol. The van der Waals surface area contributed by atoms with Crippen LogP contribution in [0, 0.1) is 5.41 Å². The molecule has 4 heteroatoms. The van der Waals surface area contributed by atoms with E-state index in [2.05, 4.69) is 24.1 Å². The second kappa shape index (κ2) is 6.73. The summed E-state index contributed by atoms with van der Waals surface area (Å²) < 4.78 is 5.78. The van der Waals surface area contributed by atoms with Crippen molar-refractivity contribution in [3.63, 3.8) is 0 Å². The molecule has 4 nitrogen and oxygen atoms in total. The first-order chi connectivity index (χ1) is 9.41. The van der Waals surface area contributed by atoms with E-state index in [0.717, 1.165) is 58.7 Å². The van der Waals surface area contributed by atoms with Gasteiger partial charge in [-0.15, -0.1) is 0 Å². The van der Waals surface area contributed by atoms with Gasteiger partial charge in [0.05, 0.1) is 12.2 Å². The van der Waals surface area contributed by atoms with E-state index >= 15 is 0 Å². The Hall–Kier alpha value is -0.160. The van der Waals surface area contributed by atoms with Gasteiger partial charge in [-0.05, 0) is 39.2 Å². The summed E-state index contributed by atoms with van der Waals surface area (Å²) in [4.78, 5) is 2.44. The van der Waals surface area contributed by atoms with E-state index in [9.17, 15) is 5.11 Å². The van der Waals surface area contributed by atoms with Crippen LogP contribution in [0.4, 0.5) is 0 Å². The number of rotatable bonds is 5. The van der Waals surface area contributed by atoms with Crippen LogP contribution in [0.2, 0.25) is 0 Å². The Morgan fingerprint density at radius 3 is 2.70 bits per heavy atom. The van der Waals surface area contributed by atoms with Crippen molar-refractivity contribution in [2.24, 2.45) is 5.41 Å². The third kappa shape index (κ3) is 4.69. The Morgan fingerprint density at radius 1 is 1.30 bits per heavy atom. The topological polar surface area (TPSA) is 44.7 Å². The van der Waals surface area contributed by atoms with Gasteiger partial charge in [-0.25, -0.2) is 0 Å². The van der Waals surface area contributed by atoms with Crippen molar-refractivity contribution < 1.29 is 9.84 Å². The molecule has 0 radical (unpaired) electrons. The number of hydrogen-bond acceptors (Lipinski definition) is 4. The fraction of sp³-hybridized carbons (Fsp3) is 1.00. The van der Waals surface area contributed by atoms with Gasteiger partial charge in [-0.1, -0.05) is 13.8 Å². The number of ether oxygens (including phenoxy) is 1. The van der Waals surface area contributed by atoms with E-state index in [0.29, 0.717) is 6.04 Å². The number of nitrogens with zero attached hydrogens (tertiary/aromatic N) is 1. The Morgan fingerprint density at radius 2 is 2.10 bits per heavy atom. The maximum absolute atomic E-state index is 10.3. The van der Waals surface area contributed by atoms with Crippen LogP contribution in [0.1, 0.15) is 46.5 Å². The molecule has 0 aromatic heterocycles. The lowest BCUT2D eigenvalue weighted by Crippen LogP contribution is -2.54. The number of aliphatic hydroxyl groups is 1. The SMILES string of the molecule is CC(C)NCC1(CN2CCCC(C)(O)C2)CCCOC1. The highest BCUT2D eigenvalue weighted by atomic mass is 16.5. The molecule has 0 aromatic carbocycles. The highest BCUT2D eigenvalue weighted by Gasteiger charge is 2.37. The molecule has 118 valence electrons. The monoisotopic (exact) mass is 284 g/mol. The fourth-order valence-electron chi connectivity index (χ4n) is 3.58. The summed E-state index contributed by atoms with van der Waals surface area (Å²) in [5.74, 6) is 0. The summed E-state index contributed by atoms with van der Waals surface area (Å²) in [6.45, 7) is 12.1. The lowest BCUT2D eigenvalue weighted by atomic mass is 9.80. The standard InChI is InChI=1S/C16H32N2O2/c1-14(2)17-10-16(7-5-9-20-13-16)12-18-8-4-6-15(3,19)11-18/h14,17,19H,4-13H2,1-3H3. The molecule has 0 saturated carbocycles. The molecule has 0 aliphatic carbocycles. The van der Waals surface area contributed by atoms with Crippen LogP contribution in [0.3, 0.4) is 0 Å². The van der Waals surface area contributed by atoms with Gasteiger partial charge in [0.1, 0.15) is 0 Å². The van der Waals surface area contributed by atoms with Crippen molar-refractivity contribution in [2.45, 2.75) is 58.1 Å². The zero-order valence-corrected chi connectivity index (χ0v) is 13.5. The minimum Gasteiger partial charge on any atom is -0.389 e. The van der Waals surface area contributed by atoms with Crippen LogP contribution in [0.25, 0.3) is 0 Å². The summed E-state index contributed by atoms with van der Waals surface area (Å²) >= 11 is 0. The number of likely N-dealkylation sites (tertiary alicyclic amines) is 1. The van der Waals surface area contributed by atoms with Gasteiger partial charge in [0.2, 0.25) is 0 Å². The van der Waals surface area contributed by atoms with Crippen LogP contribution in [-0.2, 0) is 4.74 Å². The van der Waals surface area contributed by atoms with Crippen molar-refractivity contribution in [1.82, 2.24) is 10.2 Å². The summed E-state index contributed by atoms with van der Waals surface area (Å²) in [5, 5.41) is 13.9. The van der Waals surface area contributed by atoms with Crippen LogP contribution in [-0.4, -0.2) is 61.0 Å². The van der Waals surface area contributed by atoms with Crippen LogP contribution in [0.15, 0.2) is 0 Å². The van der Waals surface area contributed by atoms with Gasteiger partial charge < -0.3 is 15.2 Å². The second-order valence-corrected chi connectivity index (χ2v) is 7.50. The molecule has 2 rings (SSSR count). The van der Waals surface area contributed by atoms with E-state index < -0.39 is 5.60 Å². The van der Waals surface area contributed by atoms with Crippen molar-refractivity contribution in [2.75, 3.05) is 39.4 Å². The molecule has 2 fully saturated rings. The molecule has 20 heavy (non-hydrogen) atoms. The van der Waals surface area contributed by atoms with Crippen molar-refractivity contribution in [1.29, 1.82) is 0 Å². The van der Waals surface area contributed by atoms with Crippen LogP contribution < -0.4 is 5.32 Å². The Bertz CT molecular complexity index is 299. The summed E-state index contributed by atoms with van der Waals surface area (Å²) in [7, 11) is 0. The zero-order valence-electron chi connectivity index (χ0n) is 13.5. The average molecular weight is 284 g/mol. The van der Waals surface area contributed by atoms with Crippen molar-refractivity contribution >= 4 is 0 Å². The highest BCUT2D eigenvalue weighted by Crippen LogP contribution is 2.31. The molecule has 2 aliphatic heterocycles. The van der Waals surface area contributed by atoms with Crippen LogP contribution in [0.5, 0.6) is 0 Å². The van der Waals surface area contributed by atoms with Gasteiger partial charge >= 0.3 is 0 Å². The molecule has 2 saturated heterocycles. The molecule has 2 unspecified atom stereocenters. The molecule has 0 amide bonds. The minimum absolute atomic E-state index is 0.218. The highest BCUT2D eigenvalue weighted by molar-refractivity contribution is 4.91. The summed E-state index contributed by atoms with van der Waals surface area (Å²) in [6, 6.07) is 0.512. The molecule has 2 heterocycles. The molecule has 0 spiro atoms. The fourth-order valence-corrected chi connectivity index (χ4v) is 3.58. The second-order valence-electron chi connectivity index (χ2n) is 7.50. The number of nitrogens with one attached hydrogen (secondary N) is 1. The van der Waals surface area contributed by atoms with Crippen molar-refractivity contribution in [3.8, 4) is 0 Å². The molecule has 0 bridgehead atoms.